The minimum absolute atomic E-state index is 0.0964. The van der Waals surface area contributed by atoms with Gasteiger partial charge in [0.1, 0.15) is 11.5 Å². The minimum Gasteiger partial charge on any atom is -0.493 e. The van der Waals surface area contributed by atoms with Crippen molar-refractivity contribution < 1.29 is 37.0 Å². The molecule has 158 valence electrons. The molecule has 0 aliphatic rings. The number of hydrogen-bond donors (Lipinski definition) is 1. The Hall–Kier alpha value is -3.40. The molecule has 0 saturated heterocycles. The number of benzene rings is 1. The zero-order chi connectivity index (χ0) is 21.7. The van der Waals surface area contributed by atoms with Gasteiger partial charge in [-0.1, -0.05) is 6.07 Å². The quantitative estimate of drug-likeness (QED) is 0.506. The fraction of sp³-hybridized carbons (Fsp3) is 0.200. The molecular weight excluding hydrogens is 420 g/mol. The van der Waals surface area contributed by atoms with Crippen molar-refractivity contribution in [2.24, 2.45) is 0 Å². The van der Waals surface area contributed by atoms with E-state index >= 15 is 0 Å². The van der Waals surface area contributed by atoms with E-state index in [-0.39, 0.29) is 23.9 Å². The van der Waals surface area contributed by atoms with Gasteiger partial charge in [0.05, 0.1) is 18.4 Å². The van der Waals surface area contributed by atoms with E-state index in [4.69, 9.17) is 13.9 Å². The third kappa shape index (κ3) is 5.15. The molecule has 2 aromatic heterocycles. The topological polar surface area (TPSA) is 87.0 Å². The fourth-order valence-electron chi connectivity index (χ4n) is 2.54. The Balaban J connectivity index is 1.64. The number of nitrogens with one attached hydrogen (secondary N) is 1. The second-order valence-electron chi connectivity index (χ2n) is 5.99. The van der Waals surface area contributed by atoms with Crippen LogP contribution in [-0.2, 0) is 11.3 Å². The van der Waals surface area contributed by atoms with Crippen LogP contribution in [0.1, 0.15) is 31.4 Å². The molecule has 0 aliphatic carbocycles. The number of esters is 1. The summed E-state index contributed by atoms with van der Waals surface area (Å²) in [5, 5.41) is 3.13. The lowest BCUT2D eigenvalue weighted by Crippen LogP contribution is -2.09. The summed E-state index contributed by atoms with van der Waals surface area (Å²) < 4.78 is 44.5. The van der Waals surface area contributed by atoms with Crippen molar-refractivity contribution in [3.8, 4) is 11.5 Å². The van der Waals surface area contributed by atoms with Crippen molar-refractivity contribution in [2.75, 3.05) is 12.4 Å². The number of ether oxygens (including phenoxy) is 3. The molecule has 0 atom stereocenters. The average molecular weight is 437 g/mol. The van der Waals surface area contributed by atoms with Crippen LogP contribution in [0.3, 0.4) is 0 Å². The van der Waals surface area contributed by atoms with Gasteiger partial charge < -0.3 is 23.9 Å². The molecule has 1 N–H and O–H groups in total. The first-order valence-electron chi connectivity index (χ1n) is 8.61. The van der Waals surface area contributed by atoms with Gasteiger partial charge in [0.15, 0.2) is 17.3 Å². The van der Waals surface area contributed by atoms with E-state index in [1.807, 2.05) is 0 Å². The first-order valence-corrected chi connectivity index (χ1v) is 9.43. The van der Waals surface area contributed by atoms with Crippen LogP contribution in [0.5, 0.6) is 11.5 Å². The highest BCUT2D eigenvalue weighted by Gasteiger charge is 2.18. The summed E-state index contributed by atoms with van der Waals surface area (Å²) in [4.78, 5) is 24.8. The molecule has 0 bridgehead atoms. The van der Waals surface area contributed by atoms with Crippen LogP contribution >= 0.6 is 11.3 Å². The highest BCUT2D eigenvalue weighted by atomic mass is 32.1. The second-order valence-corrected chi connectivity index (χ2v) is 7.05. The summed E-state index contributed by atoms with van der Waals surface area (Å²) >= 11 is 1.07. The predicted molar refractivity (Wildman–Crippen MR) is 104 cm³/mol. The van der Waals surface area contributed by atoms with Crippen LogP contribution in [0.2, 0.25) is 0 Å². The normalized spacial score (nSPS) is 10.7. The third-order valence-corrected chi connectivity index (χ3v) is 5.03. The molecule has 0 saturated carbocycles. The number of carbonyl (C=O) groups excluding carboxylic acids is 2. The Morgan fingerprint density at radius 2 is 2.00 bits per heavy atom. The highest BCUT2D eigenvalue weighted by molar-refractivity contribution is 7.18. The number of anilines is 1. The molecule has 3 aromatic rings. The van der Waals surface area contributed by atoms with Crippen molar-refractivity contribution in [1.82, 2.24) is 0 Å². The number of hydrogen-bond acceptors (Lipinski definition) is 7. The van der Waals surface area contributed by atoms with Crippen molar-refractivity contribution in [3.05, 3.63) is 64.4 Å². The summed E-state index contributed by atoms with van der Waals surface area (Å²) in [6.07, 6.45) is 1.39. The summed E-state index contributed by atoms with van der Waals surface area (Å²) in [6.45, 7) is -1.36. The first-order chi connectivity index (χ1) is 14.4. The monoisotopic (exact) mass is 437 g/mol. The van der Waals surface area contributed by atoms with Crippen LogP contribution in [-0.4, -0.2) is 25.6 Å². The second kappa shape index (κ2) is 9.40. The highest BCUT2D eigenvalue weighted by Crippen LogP contribution is 2.31. The molecule has 1 amide bonds. The number of halogens is 2. The standard InChI is InChI=1S/C20H17F2NO6S/c1-11-8-16(23-18(24)14-4-3-7-27-14)30-17(11)19(25)28-10-12-5-6-13(29-20(21)22)15(9-12)26-2/h3-9,20H,10H2,1-2H3,(H,23,24). The molecule has 3 rings (SSSR count). The number of rotatable bonds is 8. The SMILES string of the molecule is COc1cc(COC(=O)c2sc(NC(=O)c3ccco3)cc2C)ccc1OC(F)F. The zero-order valence-corrected chi connectivity index (χ0v) is 16.8. The van der Waals surface area contributed by atoms with Gasteiger partial charge in [-0.3, -0.25) is 4.79 Å². The lowest BCUT2D eigenvalue weighted by Gasteiger charge is -2.11. The lowest BCUT2D eigenvalue weighted by molar-refractivity contribution is -0.0512. The van der Waals surface area contributed by atoms with Gasteiger partial charge in [0, 0.05) is 0 Å². The average Bonchev–Trinajstić information content (AvgIpc) is 3.36. The molecule has 30 heavy (non-hydrogen) atoms. The maximum atomic E-state index is 12.4. The Morgan fingerprint density at radius 3 is 2.67 bits per heavy atom. The van der Waals surface area contributed by atoms with Crippen molar-refractivity contribution >= 4 is 28.2 Å². The van der Waals surface area contributed by atoms with E-state index < -0.39 is 18.5 Å². The smallest absolute Gasteiger partial charge is 0.387 e. The Kier molecular flexibility index (Phi) is 6.68. The first kappa shape index (κ1) is 21.3. The minimum atomic E-state index is -2.98. The molecule has 0 spiro atoms. The van der Waals surface area contributed by atoms with Crippen molar-refractivity contribution in [1.29, 1.82) is 0 Å². The molecule has 0 unspecified atom stereocenters. The van der Waals surface area contributed by atoms with E-state index in [2.05, 4.69) is 10.1 Å². The van der Waals surface area contributed by atoms with Gasteiger partial charge in [0.2, 0.25) is 0 Å². The summed E-state index contributed by atoms with van der Waals surface area (Å²) in [6, 6.07) is 9.02. The lowest BCUT2D eigenvalue weighted by atomic mass is 10.2. The van der Waals surface area contributed by atoms with E-state index in [9.17, 15) is 18.4 Å². The van der Waals surface area contributed by atoms with Crippen molar-refractivity contribution in [2.45, 2.75) is 20.1 Å². The molecule has 0 aliphatic heterocycles. The maximum absolute atomic E-state index is 12.4. The zero-order valence-electron chi connectivity index (χ0n) is 15.9. The van der Waals surface area contributed by atoms with Crippen molar-refractivity contribution in [3.63, 3.8) is 0 Å². The number of thiophene rings is 1. The van der Waals surface area contributed by atoms with Gasteiger partial charge in [-0.2, -0.15) is 8.78 Å². The number of alkyl halides is 2. The summed E-state index contributed by atoms with van der Waals surface area (Å²) in [7, 11) is 1.32. The maximum Gasteiger partial charge on any atom is 0.387 e. The number of methoxy groups -OCH3 is 1. The van der Waals surface area contributed by atoms with E-state index in [0.29, 0.717) is 21.0 Å². The summed E-state index contributed by atoms with van der Waals surface area (Å²) in [5.41, 5.74) is 1.17. The number of carbonyl (C=O) groups is 2. The van der Waals surface area contributed by atoms with Gasteiger partial charge in [0.25, 0.3) is 5.91 Å². The van der Waals surface area contributed by atoms with Gasteiger partial charge in [-0.15, -0.1) is 11.3 Å². The van der Waals surface area contributed by atoms with Crippen LogP contribution in [0.15, 0.2) is 47.1 Å². The Labute approximate surface area is 174 Å². The number of amides is 1. The Morgan fingerprint density at radius 1 is 1.20 bits per heavy atom. The molecule has 2 heterocycles. The molecule has 1 aromatic carbocycles. The van der Waals surface area contributed by atoms with E-state index in [1.165, 1.54) is 37.6 Å². The van der Waals surface area contributed by atoms with Gasteiger partial charge in [-0.25, -0.2) is 4.79 Å². The van der Waals surface area contributed by atoms with Crippen LogP contribution < -0.4 is 14.8 Å². The van der Waals surface area contributed by atoms with Crippen LogP contribution in [0.25, 0.3) is 0 Å². The Bertz CT molecular complexity index is 1030. The van der Waals surface area contributed by atoms with Crippen LogP contribution in [0, 0.1) is 6.92 Å². The molecule has 0 fully saturated rings. The molecule has 0 radical (unpaired) electrons. The number of aryl methyl sites for hydroxylation is 1. The predicted octanol–water partition coefficient (Wildman–Crippen LogP) is 4.87. The van der Waals surface area contributed by atoms with Gasteiger partial charge >= 0.3 is 12.6 Å². The summed E-state index contributed by atoms with van der Waals surface area (Å²) in [5.74, 6) is -0.881. The third-order valence-electron chi connectivity index (χ3n) is 3.90. The van der Waals surface area contributed by atoms with E-state index in [0.717, 1.165) is 11.3 Å². The largest absolute Gasteiger partial charge is 0.493 e. The van der Waals surface area contributed by atoms with E-state index in [1.54, 1.807) is 19.1 Å². The fourth-order valence-corrected chi connectivity index (χ4v) is 3.50. The number of furan rings is 1. The van der Waals surface area contributed by atoms with Gasteiger partial charge in [-0.05, 0) is 48.4 Å². The molecular formula is C20H17F2NO6S. The van der Waals surface area contributed by atoms with Crippen LogP contribution in [0.4, 0.5) is 13.8 Å². The molecule has 7 nitrogen and oxygen atoms in total. The molecule has 10 heteroatoms.